The molecule has 0 heterocycles. The summed E-state index contributed by atoms with van der Waals surface area (Å²) < 4.78 is 79.7. The molecule has 240 valence electrons. The molecule has 10 heteroatoms. The predicted octanol–water partition coefficient (Wildman–Crippen LogP) is 7.16. The van der Waals surface area contributed by atoms with Crippen molar-refractivity contribution in [2.45, 2.75) is 141 Å². The molecule has 0 aromatic heterocycles. The van der Waals surface area contributed by atoms with E-state index in [1.807, 2.05) is 13.0 Å². The highest BCUT2D eigenvalue weighted by Crippen LogP contribution is 2.63. The summed E-state index contributed by atoms with van der Waals surface area (Å²) in [5.41, 5.74) is -4.88. The molecule has 3 aliphatic rings. The third kappa shape index (κ3) is 7.75. The van der Waals surface area contributed by atoms with E-state index in [4.69, 9.17) is 0 Å². The molecule has 4 nitrogen and oxygen atoms in total. The molecule has 0 bridgehead atoms. The first-order valence-electron chi connectivity index (χ1n) is 14.9. The fraction of sp³-hybridized carbons (Fsp3) is 0.812. The summed E-state index contributed by atoms with van der Waals surface area (Å²) in [5.74, 6) is 3.42. The van der Waals surface area contributed by atoms with Crippen molar-refractivity contribution in [2.24, 2.45) is 22.7 Å². The van der Waals surface area contributed by atoms with Gasteiger partial charge in [0.15, 0.2) is 0 Å². The van der Waals surface area contributed by atoms with Crippen molar-refractivity contribution in [3.63, 3.8) is 0 Å². The van der Waals surface area contributed by atoms with Crippen LogP contribution in [0.15, 0.2) is 23.3 Å². The number of fused-ring (bicyclic) bond motifs is 1. The fourth-order valence-corrected chi connectivity index (χ4v) is 7.90. The minimum absolute atomic E-state index is 0.0503. The number of alkyl halides is 6. The number of rotatable bonds is 7. The highest BCUT2D eigenvalue weighted by atomic mass is 19.4. The summed E-state index contributed by atoms with van der Waals surface area (Å²) in [6, 6.07) is 0. The second kappa shape index (κ2) is 12.5. The van der Waals surface area contributed by atoms with Crippen LogP contribution in [0.3, 0.4) is 0 Å². The minimum Gasteiger partial charge on any atom is -0.393 e. The quantitative estimate of drug-likeness (QED) is 0.183. The third-order valence-corrected chi connectivity index (χ3v) is 10.00. The lowest BCUT2D eigenvalue weighted by molar-refractivity contribution is -0.343. The van der Waals surface area contributed by atoms with Gasteiger partial charge >= 0.3 is 18.0 Å². The van der Waals surface area contributed by atoms with Gasteiger partial charge in [-0.25, -0.2) is 0 Å². The molecule has 3 saturated carbocycles. The third-order valence-electron chi connectivity index (χ3n) is 10.00. The molecule has 0 aliphatic heterocycles. The molecule has 4 N–H and O–H groups in total. The van der Waals surface area contributed by atoms with Gasteiger partial charge in [-0.2, -0.15) is 26.3 Å². The second-order valence-electron chi connectivity index (χ2n) is 14.1. The number of hydrogen-bond donors (Lipinski definition) is 4. The Kier molecular flexibility index (Phi) is 10.4. The molecule has 0 saturated heterocycles. The van der Waals surface area contributed by atoms with Gasteiger partial charge in [0.2, 0.25) is 0 Å². The van der Waals surface area contributed by atoms with Crippen LogP contribution < -0.4 is 0 Å². The highest BCUT2D eigenvalue weighted by Gasteiger charge is 2.70. The van der Waals surface area contributed by atoms with Crippen LogP contribution in [0, 0.1) is 34.5 Å². The zero-order valence-corrected chi connectivity index (χ0v) is 25.0. The maximum atomic E-state index is 13.3. The van der Waals surface area contributed by atoms with Crippen LogP contribution >= 0.6 is 0 Å². The Balaban J connectivity index is 1.93. The Morgan fingerprint density at radius 1 is 0.905 bits per heavy atom. The maximum Gasteiger partial charge on any atom is 0.438 e. The van der Waals surface area contributed by atoms with E-state index in [1.165, 1.54) is 11.5 Å². The monoisotopic (exact) mass is 608 g/mol. The number of aliphatic hydroxyl groups is 4. The molecular weight excluding hydrogens is 562 g/mol. The number of hydrogen-bond acceptors (Lipinski definition) is 4. The van der Waals surface area contributed by atoms with Crippen LogP contribution in [0.2, 0.25) is 0 Å². The van der Waals surface area contributed by atoms with Gasteiger partial charge in [0.1, 0.15) is 0 Å². The fourth-order valence-electron chi connectivity index (χ4n) is 7.90. The van der Waals surface area contributed by atoms with Gasteiger partial charge in [0.05, 0.1) is 17.8 Å². The Bertz CT molecular complexity index is 1050. The van der Waals surface area contributed by atoms with E-state index in [1.54, 1.807) is 13.8 Å². The first kappa shape index (κ1) is 34.9. The Labute approximate surface area is 245 Å². The zero-order valence-electron chi connectivity index (χ0n) is 25.0. The zero-order chi connectivity index (χ0) is 31.8. The van der Waals surface area contributed by atoms with Crippen LogP contribution in [0.5, 0.6) is 0 Å². The van der Waals surface area contributed by atoms with Crippen LogP contribution in [-0.2, 0) is 0 Å². The van der Waals surface area contributed by atoms with Crippen molar-refractivity contribution in [3.8, 4) is 11.8 Å². The smallest absolute Gasteiger partial charge is 0.393 e. The molecule has 0 spiro atoms. The summed E-state index contributed by atoms with van der Waals surface area (Å²) in [5, 5.41) is 39.9. The topological polar surface area (TPSA) is 80.9 Å². The minimum atomic E-state index is -6.00. The van der Waals surface area contributed by atoms with Crippen molar-refractivity contribution < 1.29 is 46.8 Å². The lowest BCUT2D eigenvalue weighted by Gasteiger charge is -2.49. The molecule has 1 unspecified atom stereocenters. The summed E-state index contributed by atoms with van der Waals surface area (Å²) >= 11 is 0. The maximum absolute atomic E-state index is 13.3. The van der Waals surface area contributed by atoms with Crippen molar-refractivity contribution in [2.75, 3.05) is 0 Å². The van der Waals surface area contributed by atoms with Gasteiger partial charge in [-0.05, 0) is 107 Å². The molecule has 3 aliphatic carbocycles. The largest absolute Gasteiger partial charge is 0.438 e. The van der Waals surface area contributed by atoms with Crippen LogP contribution in [0.1, 0.15) is 105 Å². The Hall–Kier alpha value is -1.54. The molecule has 0 amide bonds. The van der Waals surface area contributed by atoms with Crippen molar-refractivity contribution >= 4 is 0 Å². The first-order valence-corrected chi connectivity index (χ1v) is 14.9. The standard InChI is InChI=1S/C32H46F6O4/c1-27(2,41)13-6-14-28(3,15-7-17-30(42,31(33,34)35)32(36,37)38)26-12-11-25-22(8-5-16-29(25,26)4)10-9-21-18-23(39)20-24(40)19-21/h9-10,23-26,39-42H,5-6,8,11-16,18-20H2,1-4H3/b21-9-,22-10+/t23-,24?,25+,26-,28-,29+/m1/s1. The Morgan fingerprint density at radius 3 is 2.05 bits per heavy atom. The SMILES string of the molecule is CC(C)(O)CCC[C@](C)(CC#CC(O)(C(F)(F)F)C(F)(F)F)[C@H]1CC[C@H]2/C(=C/C=C3\CC(O)C[C@H](O)C3)CCC[C@]12C. The van der Waals surface area contributed by atoms with E-state index in [2.05, 4.69) is 18.9 Å². The van der Waals surface area contributed by atoms with Gasteiger partial charge < -0.3 is 20.4 Å². The van der Waals surface area contributed by atoms with E-state index in [0.29, 0.717) is 38.5 Å². The molecule has 0 aromatic carbocycles. The van der Waals surface area contributed by atoms with Gasteiger partial charge in [-0.1, -0.05) is 49.5 Å². The van der Waals surface area contributed by atoms with Crippen LogP contribution in [-0.4, -0.2) is 56.2 Å². The molecule has 42 heavy (non-hydrogen) atoms. The van der Waals surface area contributed by atoms with E-state index < -0.39 is 41.2 Å². The van der Waals surface area contributed by atoms with Gasteiger partial charge in [-0.3, -0.25) is 0 Å². The molecule has 6 atom stereocenters. The van der Waals surface area contributed by atoms with Crippen molar-refractivity contribution in [1.29, 1.82) is 0 Å². The molecule has 0 radical (unpaired) electrons. The number of aliphatic hydroxyl groups excluding tert-OH is 2. The van der Waals surface area contributed by atoms with Crippen LogP contribution in [0.4, 0.5) is 26.3 Å². The van der Waals surface area contributed by atoms with E-state index in [-0.39, 0.29) is 23.7 Å². The summed E-state index contributed by atoms with van der Waals surface area (Å²) in [4.78, 5) is 0. The van der Waals surface area contributed by atoms with Crippen molar-refractivity contribution in [1.82, 2.24) is 0 Å². The van der Waals surface area contributed by atoms with Crippen LogP contribution in [0.25, 0.3) is 0 Å². The highest BCUT2D eigenvalue weighted by molar-refractivity contribution is 5.27. The molecule has 0 aromatic rings. The average Bonchev–Trinajstić information content (AvgIpc) is 3.18. The van der Waals surface area contributed by atoms with Gasteiger partial charge in [0.25, 0.3) is 0 Å². The molecule has 3 rings (SSSR count). The van der Waals surface area contributed by atoms with E-state index >= 15 is 0 Å². The average molecular weight is 609 g/mol. The Morgan fingerprint density at radius 2 is 1.50 bits per heavy atom. The van der Waals surface area contributed by atoms with Crippen molar-refractivity contribution in [3.05, 3.63) is 23.3 Å². The predicted molar refractivity (Wildman–Crippen MR) is 148 cm³/mol. The van der Waals surface area contributed by atoms with E-state index in [0.717, 1.165) is 37.7 Å². The lowest BCUT2D eigenvalue weighted by Crippen LogP contribution is -2.55. The molecular formula is C32H46F6O4. The second-order valence-corrected chi connectivity index (χ2v) is 14.1. The number of halogens is 6. The van der Waals surface area contributed by atoms with Gasteiger partial charge in [-0.15, -0.1) is 0 Å². The summed E-state index contributed by atoms with van der Waals surface area (Å²) in [6.45, 7) is 7.34. The molecule has 3 fully saturated rings. The van der Waals surface area contributed by atoms with E-state index in [9.17, 15) is 46.8 Å². The number of allylic oxidation sites excluding steroid dienone is 3. The first-order chi connectivity index (χ1) is 19.1. The summed E-state index contributed by atoms with van der Waals surface area (Å²) in [6.07, 6.45) is -2.41. The normalized spacial score (nSPS) is 32.8. The lowest BCUT2D eigenvalue weighted by atomic mass is 9.55. The summed E-state index contributed by atoms with van der Waals surface area (Å²) in [7, 11) is 0. The van der Waals surface area contributed by atoms with Gasteiger partial charge in [0, 0.05) is 6.42 Å².